The van der Waals surface area contributed by atoms with Gasteiger partial charge in [0.05, 0.1) is 6.04 Å². The summed E-state index contributed by atoms with van der Waals surface area (Å²) in [7, 11) is 0. The van der Waals surface area contributed by atoms with E-state index in [9.17, 15) is 9.90 Å². The molecule has 3 nitrogen and oxygen atoms in total. The van der Waals surface area contributed by atoms with E-state index in [-0.39, 0.29) is 11.8 Å². The maximum absolute atomic E-state index is 11.6. The van der Waals surface area contributed by atoms with Gasteiger partial charge < -0.3 is 10.4 Å². The highest BCUT2D eigenvalue weighted by Gasteiger charge is 2.23. The molecule has 2 N–H and O–H groups in total. The first kappa shape index (κ1) is 14.6. The van der Waals surface area contributed by atoms with Gasteiger partial charge in [0.25, 0.3) is 0 Å². The number of halogens is 1. The first-order chi connectivity index (χ1) is 9.72. The molecule has 2 atom stereocenters. The number of alkyl halides is 1. The van der Waals surface area contributed by atoms with Crippen LogP contribution >= 0.6 is 11.6 Å². The highest BCUT2D eigenvalue weighted by Crippen LogP contribution is 2.28. The Kier molecular flexibility index (Phi) is 5.16. The minimum Gasteiger partial charge on any atom is -0.386 e. The van der Waals surface area contributed by atoms with Gasteiger partial charge in [-0.25, -0.2) is 0 Å². The Morgan fingerprint density at radius 1 is 1.00 bits per heavy atom. The third kappa shape index (κ3) is 3.59. The number of rotatable bonds is 5. The summed E-state index contributed by atoms with van der Waals surface area (Å²) in [5.41, 5.74) is 1.58. The molecular weight excluding hydrogens is 274 g/mol. The van der Waals surface area contributed by atoms with Crippen molar-refractivity contribution in [2.75, 3.05) is 5.88 Å². The highest BCUT2D eigenvalue weighted by atomic mass is 35.5. The summed E-state index contributed by atoms with van der Waals surface area (Å²) < 4.78 is 0. The van der Waals surface area contributed by atoms with Crippen LogP contribution in [0.1, 0.15) is 23.3 Å². The molecule has 0 saturated heterocycles. The molecule has 0 bridgehead atoms. The van der Waals surface area contributed by atoms with Crippen molar-refractivity contribution in [3.63, 3.8) is 0 Å². The predicted octanol–water partition coefficient (Wildman–Crippen LogP) is 2.82. The van der Waals surface area contributed by atoms with Crippen molar-refractivity contribution in [1.82, 2.24) is 5.32 Å². The van der Waals surface area contributed by atoms with Crippen LogP contribution in [0.4, 0.5) is 0 Å². The molecule has 4 heteroatoms. The van der Waals surface area contributed by atoms with Crippen LogP contribution in [0, 0.1) is 0 Å². The van der Waals surface area contributed by atoms with Crippen LogP contribution in [0.2, 0.25) is 0 Å². The van der Waals surface area contributed by atoms with Crippen molar-refractivity contribution in [2.24, 2.45) is 0 Å². The normalized spacial score (nSPS) is 13.5. The largest absolute Gasteiger partial charge is 0.386 e. The zero-order valence-corrected chi connectivity index (χ0v) is 11.6. The maximum Gasteiger partial charge on any atom is 0.235 e. The van der Waals surface area contributed by atoms with Crippen LogP contribution in [0.15, 0.2) is 60.7 Å². The molecule has 0 aromatic heterocycles. The zero-order valence-electron chi connectivity index (χ0n) is 10.9. The van der Waals surface area contributed by atoms with Crippen molar-refractivity contribution in [3.8, 4) is 0 Å². The maximum atomic E-state index is 11.6. The van der Waals surface area contributed by atoms with Gasteiger partial charge in [0.15, 0.2) is 0 Å². The van der Waals surface area contributed by atoms with Gasteiger partial charge in [-0.1, -0.05) is 60.7 Å². The van der Waals surface area contributed by atoms with Crippen molar-refractivity contribution in [3.05, 3.63) is 71.8 Å². The monoisotopic (exact) mass is 289 g/mol. The molecular formula is C16H16ClNO2. The van der Waals surface area contributed by atoms with Gasteiger partial charge in [0.2, 0.25) is 5.91 Å². The van der Waals surface area contributed by atoms with Gasteiger partial charge in [-0.05, 0) is 11.1 Å². The van der Waals surface area contributed by atoms with Crippen molar-refractivity contribution in [1.29, 1.82) is 0 Å². The molecule has 0 heterocycles. The molecule has 0 unspecified atom stereocenters. The second-order valence-corrected chi connectivity index (χ2v) is 4.71. The molecule has 20 heavy (non-hydrogen) atoms. The number of carbonyl (C=O) groups is 1. The Balaban J connectivity index is 2.29. The summed E-state index contributed by atoms with van der Waals surface area (Å²) in [5, 5.41) is 13.3. The molecule has 0 spiro atoms. The number of nitrogens with one attached hydrogen (secondary N) is 1. The quantitative estimate of drug-likeness (QED) is 0.832. The van der Waals surface area contributed by atoms with Crippen molar-refractivity contribution < 1.29 is 9.90 Å². The summed E-state index contributed by atoms with van der Waals surface area (Å²) in [4.78, 5) is 11.6. The van der Waals surface area contributed by atoms with Crippen LogP contribution < -0.4 is 5.32 Å². The summed E-state index contributed by atoms with van der Waals surface area (Å²) in [6, 6.07) is 18.1. The van der Waals surface area contributed by atoms with Gasteiger partial charge in [-0.3, -0.25) is 4.79 Å². The second-order valence-electron chi connectivity index (χ2n) is 4.45. The molecule has 0 radical (unpaired) electrons. The number of aliphatic hydroxyl groups excluding tert-OH is 1. The minimum absolute atomic E-state index is 0.134. The van der Waals surface area contributed by atoms with Gasteiger partial charge in [-0.15, -0.1) is 11.6 Å². The molecule has 2 aromatic carbocycles. The Bertz CT molecular complexity index is 545. The summed E-state index contributed by atoms with van der Waals surface area (Å²) in [6.07, 6.45) is -0.828. The lowest BCUT2D eigenvalue weighted by Crippen LogP contribution is -2.33. The lowest BCUT2D eigenvalue weighted by molar-refractivity contribution is -0.120. The van der Waals surface area contributed by atoms with Crippen LogP contribution in [0.3, 0.4) is 0 Å². The smallest absolute Gasteiger partial charge is 0.235 e. The minimum atomic E-state index is -0.828. The number of hydrogen-bond acceptors (Lipinski definition) is 2. The number of amides is 1. The topological polar surface area (TPSA) is 49.3 Å². The van der Waals surface area contributed by atoms with E-state index in [0.29, 0.717) is 0 Å². The van der Waals surface area contributed by atoms with E-state index < -0.39 is 12.1 Å². The van der Waals surface area contributed by atoms with Crippen molar-refractivity contribution in [2.45, 2.75) is 12.1 Å². The van der Waals surface area contributed by atoms with E-state index in [0.717, 1.165) is 11.1 Å². The molecule has 2 rings (SSSR count). The molecule has 1 amide bonds. The standard InChI is InChI=1S/C16H16ClNO2/c17-11-14(19)18-15(12-7-3-1-4-8-12)16(20)13-9-5-2-6-10-13/h1-10,15-16,20H,11H2,(H,18,19)/t15-,16-/m1/s1. The van der Waals surface area contributed by atoms with E-state index in [1.807, 2.05) is 60.7 Å². The highest BCUT2D eigenvalue weighted by molar-refractivity contribution is 6.27. The van der Waals surface area contributed by atoms with Gasteiger partial charge >= 0.3 is 0 Å². The summed E-state index contributed by atoms with van der Waals surface area (Å²) in [6.45, 7) is 0. The molecule has 0 saturated carbocycles. The summed E-state index contributed by atoms with van der Waals surface area (Å²) >= 11 is 5.54. The second kappa shape index (κ2) is 7.08. The van der Waals surface area contributed by atoms with Gasteiger partial charge in [0.1, 0.15) is 12.0 Å². The fraction of sp³-hybridized carbons (Fsp3) is 0.188. The van der Waals surface area contributed by atoms with Crippen LogP contribution in [0.5, 0.6) is 0 Å². The zero-order chi connectivity index (χ0) is 14.4. The molecule has 0 fully saturated rings. The SMILES string of the molecule is O=C(CCl)N[C@H](c1ccccc1)[C@H](O)c1ccccc1. The Morgan fingerprint density at radius 3 is 2.00 bits per heavy atom. The molecule has 104 valence electrons. The fourth-order valence-electron chi connectivity index (χ4n) is 2.06. The van der Waals surface area contributed by atoms with Crippen LogP contribution in [0.25, 0.3) is 0 Å². The number of carbonyl (C=O) groups excluding carboxylic acids is 1. The average Bonchev–Trinajstić information content (AvgIpc) is 2.53. The number of aliphatic hydroxyl groups is 1. The predicted molar refractivity (Wildman–Crippen MR) is 79.4 cm³/mol. The van der Waals surface area contributed by atoms with E-state index >= 15 is 0 Å². The van der Waals surface area contributed by atoms with Gasteiger partial charge in [-0.2, -0.15) is 0 Å². The van der Waals surface area contributed by atoms with Crippen LogP contribution in [-0.2, 0) is 4.79 Å². The third-order valence-corrected chi connectivity index (χ3v) is 3.30. The molecule has 2 aromatic rings. The molecule has 0 aliphatic rings. The Hall–Kier alpha value is -1.84. The average molecular weight is 290 g/mol. The number of benzene rings is 2. The van der Waals surface area contributed by atoms with E-state index in [1.165, 1.54) is 0 Å². The Labute approximate surface area is 123 Å². The van der Waals surface area contributed by atoms with E-state index in [2.05, 4.69) is 5.32 Å². The van der Waals surface area contributed by atoms with E-state index in [1.54, 1.807) is 0 Å². The Morgan fingerprint density at radius 2 is 1.50 bits per heavy atom. The first-order valence-corrected chi connectivity index (χ1v) is 6.89. The lowest BCUT2D eigenvalue weighted by atomic mass is 9.96. The van der Waals surface area contributed by atoms with Crippen LogP contribution in [-0.4, -0.2) is 16.9 Å². The van der Waals surface area contributed by atoms with E-state index in [4.69, 9.17) is 11.6 Å². The molecule has 0 aliphatic carbocycles. The van der Waals surface area contributed by atoms with Gasteiger partial charge in [0, 0.05) is 0 Å². The first-order valence-electron chi connectivity index (χ1n) is 6.35. The molecule has 0 aliphatic heterocycles. The fourth-order valence-corrected chi connectivity index (χ4v) is 2.14. The lowest BCUT2D eigenvalue weighted by Gasteiger charge is -2.24. The summed E-state index contributed by atoms with van der Waals surface area (Å²) in [5.74, 6) is -0.444. The third-order valence-electron chi connectivity index (χ3n) is 3.05. The van der Waals surface area contributed by atoms with Crippen molar-refractivity contribution >= 4 is 17.5 Å². The number of hydrogen-bond donors (Lipinski definition) is 2.